The van der Waals surface area contributed by atoms with Crippen molar-refractivity contribution in [2.45, 2.75) is 19.6 Å². The van der Waals surface area contributed by atoms with Crippen molar-refractivity contribution in [3.05, 3.63) is 48.0 Å². The lowest BCUT2D eigenvalue weighted by molar-refractivity contribution is 0.209. The first kappa shape index (κ1) is 11.7. The van der Waals surface area contributed by atoms with Crippen molar-refractivity contribution in [3.63, 3.8) is 0 Å². The van der Waals surface area contributed by atoms with Crippen LogP contribution in [0.1, 0.15) is 24.3 Å². The molecule has 1 unspecified atom stereocenters. The van der Waals surface area contributed by atoms with Gasteiger partial charge in [-0.3, -0.25) is 0 Å². The molecular weight excluding hydrogens is 216 g/mol. The van der Waals surface area contributed by atoms with Crippen LogP contribution in [0.5, 0.6) is 5.75 Å². The number of methoxy groups -OCH3 is 1. The van der Waals surface area contributed by atoms with E-state index in [0.717, 1.165) is 23.6 Å². The first-order chi connectivity index (χ1) is 8.26. The highest BCUT2D eigenvalue weighted by atomic mass is 16.5. The molecule has 0 bridgehead atoms. The lowest BCUT2D eigenvalue weighted by atomic mass is 10.1. The Kier molecular flexibility index (Phi) is 3.44. The molecule has 17 heavy (non-hydrogen) atoms. The third-order valence-electron chi connectivity index (χ3n) is 2.77. The van der Waals surface area contributed by atoms with Gasteiger partial charge in [0.05, 0.1) is 25.3 Å². The average Bonchev–Trinajstić information content (AvgIpc) is 2.86. The van der Waals surface area contributed by atoms with Gasteiger partial charge in [-0.2, -0.15) is 0 Å². The van der Waals surface area contributed by atoms with Crippen molar-refractivity contribution >= 4 is 0 Å². The second kappa shape index (κ2) is 5.01. The Bertz CT molecular complexity index is 494. The summed E-state index contributed by atoms with van der Waals surface area (Å²) < 4.78 is 7.07. The van der Waals surface area contributed by atoms with Crippen LogP contribution < -0.4 is 4.74 Å². The molecule has 1 atom stereocenters. The van der Waals surface area contributed by atoms with Crippen molar-refractivity contribution in [2.75, 3.05) is 7.11 Å². The third-order valence-corrected chi connectivity index (χ3v) is 2.77. The Hall–Kier alpha value is -1.81. The molecule has 0 aliphatic rings. The van der Waals surface area contributed by atoms with Crippen LogP contribution in [0.3, 0.4) is 0 Å². The zero-order chi connectivity index (χ0) is 12.3. The van der Waals surface area contributed by atoms with E-state index in [0.29, 0.717) is 0 Å². The molecule has 0 spiro atoms. The second-order valence-electron chi connectivity index (χ2n) is 3.78. The maximum absolute atomic E-state index is 10.3. The molecule has 0 aliphatic heterocycles. The van der Waals surface area contributed by atoms with E-state index in [1.807, 2.05) is 35.8 Å². The molecule has 1 N–H and O–H groups in total. The van der Waals surface area contributed by atoms with Crippen LogP contribution in [0.2, 0.25) is 0 Å². The summed E-state index contributed by atoms with van der Waals surface area (Å²) in [5, 5.41) is 10.3. The van der Waals surface area contributed by atoms with E-state index in [1.54, 1.807) is 19.6 Å². The first-order valence-corrected chi connectivity index (χ1v) is 5.58. The van der Waals surface area contributed by atoms with Crippen molar-refractivity contribution in [1.82, 2.24) is 9.55 Å². The summed E-state index contributed by atoms with van der Waals surface area (Å²) in [6, 6.07) is 7.43. The van der Waals surface area contributed by atoms with Gasteiger partial charge >= 0.3 is 0 Å². The summed E-state index contributed by atoms with van der Waals surface area (Å²) in [7, 11) is 1.61. The van der Waals surface area contributed by atoms with E-state index in [-0.39, 0.29) is 0 Å². The number of hydrogen-bond acceptors (Lipinski definition) is 3. The number of imidazole rings is 1. The van der Waals surface area contributed by atoms with Gasteiger partial charge in [0.15, 0.2) is 0 Å². The molecule has 0 aliphatic carbocycles. The van der Waals surface area contributed by atoms with Gasteiger partial charge in [-0.25, -0.2) is 4.98 Å². The molecule has 90 valence electrons. The summed E-state index contributed by atoms with van der Waals surface area (Å²) in [5.74, 6) is 0.740. The summed E-state index contributed by atoms with van der Waals surface area (Å²) in [6.07, 6.45) is 2.74. The molecule has 2 aromatic rings. The molecule has 0 fully saturated rings. The third kappa shape index (κ3) is 2.31. The maximum Gasteiger partial charge on any atom is 0.121 e. The predicted octanol–water partition coefficient (Wildman–Crippen LogP) is 1.99. The first-order valence-electron chi connectivity index (χ1n) is 5.58. The Morgan fingerprint density at radius 2 is 2.29 bits per heavy atom. The fourth-order valence-electron chi connectivity index (χ4n) is 1.81. The maximum atomic E-state index is 10.3. The molecule has 4 nitrogen and oxygen atoms in total. The van der Waals surface area contributed by atoms with Crippen molar-refractivity contribution in [1.29, 1.82) is 0 Å². The average molecular weight is 232 g/mol. The van der Waals surface area contributed by atoms with Crippen LogP contribution in [-0.2, 0) is 6.54 Å². The van der Waals surface area contributed by atoms with Crippen LogP contribution in [0, 0.1) is 0 Å². The highest BCUT2D eigenvalue weighted by Crippen LogP contribution is 2.24. The normalized spacial score (nSPS) is 12.4. The molecule has 4 heteroatoms. The monoisotopic (exact) mass is 232 g/mol. The molecule has 0 saturated heterocycles. The van der Waals surface area contributed by atoms with Gasteiger partial charge in [0.2, 0.25) is 0 Å². The molecule has 1 aromatic heterocycles. The minimum Gasteiger partial charge on any atom is -0.497 e. The lowest BCUT2D eigenvalue weighted by Gasteiger charge is -2.13. The van der Waals surface area contributed by atoms with Crippen LogP contribution >= 0.6 is 0 Å². The van der Waals surface area contributed by atoms with Gasteiger partial charge in [0.25, 0.3) is 0 Å². The zero-order valence-electron chi connectivity index (χ0n) is 10.00. The highest BCUT2D eigenvalue weighted by Gasteiger charge is 2.14. The van der Waals surface area contributed by atoms with Gasteiger partial charge < -0.3 is 14.4 Å². The molecular formula is C13H16N2O2. The highest BCUT2D eigenvalue weighted by molar-refractivity contribution is 5.33. The fourth-order valence-corrected chi connectivity index (χ4v) is 1.81. The van der Waals surface area contributed by atoms with E-state index in [1.165, 1.54) is 0 Å². The SMILES string of the molecule is CCn1cncc1C(O)c1cccc(OC)c1. The van der Waals surface area contributed by atoms with Gasteiger partial charge in [-0.1, -0.05) is 12.1 Å². The lowest BCUT2D eigenvalue weighted by Crippen LogP contribution is -2.07. The zero-order valence-corrected chi connectivity index (χ0v) is 10.00. The van der Waals surface area contributed by atoms with E-state index in [9.17, 15) is 5.11 Å². The van der Waals surface area contributed by atoms with Crippen LogP contribution in [0.15, 0.2) is 36.8 Å². The summed E-state index contributed by atoms with van der Waals surface area (Å²) in [4.78, 5) is 4.05. The number of aryl methyl sites for hydroxylation is 1. The number of hydrogen-bond donors (Lipinski definition) is 1. The van der Waals surface area contributed by atoms with Gasteiger partial charge in [0, 0.05) is 6.54 Å². The van der Waals surface area contributed by atoms with E-state index < -0.39 is 6.10 Å². The number of benzene rings is 1. The number of rotatable bonds is 4. The number of nitrogens with zero attached hydrogens (tertiary/aromatic N) is 2. The van der Waals surface area contributed by atoms with Gasteiger partial charge in [-0.05, 0) is 24.6 Å². The Balaban J connectivity index is 2.33. The quantitative estimate of drug-likeness (QED) is 0.877. The van der Waals surface area contributed by atoms with Gasteiger partial charge in [0.1, 0.15) is 11.9 Å². The van der Waals surface area contributed by atoms with E-state index >= 15 is 0 Å². The molecule has 0 radical (unpaired) electrons. The number of aliphatic hydroxyl groups excluding tert-OH is 1. The number of aliphatic hydroxyl groups is 1. The van der Waals surface area contributed by atoms with Crippen LogP contribution in [0.4, 0.5) is 0 Å². The smallest absolute Gasteiger partial charge is 0.121 e. The Morgan fingerprint density at radius 1 is 1.47 bits per heavy atom. The number of aromatic nitrogens is 2. The topological polar surface area (TPSA) is 47.3 Å². The van der Waals surface area contributed by atoms with E-state index in [4.69, 9.17) is 4.74 Å². The van der Waals surface area contributed by atoms with Crippen molar-refractivity contribution in [2.24, 2.45) is 0 Å². The Labute approximate surface area is 100 Å². The molecule has 1 aromatic carbocycles. The molecule has 0 saturated carbocycles. The summed E-state index contributed by atoms with van der Waals surface area (Å²) >= 11 is 0. The largest absolute Gasteiger partial charge is 0.497 e. The van der Waals surface area contributed by atoms with Crippen molar-refractivity contribution in [3.8, 4) is 5.75 Å². The molecule has 2 rings (SSSR count). The fraction of sp³-hybridized carbons (Fsp3) is 0.308. The van der Waals surface area contributed by atoms with Crippen LogP contribution in [0.25, 0.3) is 0 Å². The van der Waals surface area contributed by atoms with Crippen molar-refractivity contribution < 1.29 is 9.84 Å². The molecule has 1 heterocycles. The van der Waals surface area contributed by atoms with Gasteiger partial charge in [-0.15, -0.1) is 0 Å². The minimum atomic E-state index is -0.674. The second-order valence-corrected chi connectivity index (χ2v) is 3.78. The minimum absolute atomic E-state index is 0.674. The predicted molar refractivity (Wildman–Crippen MR) is 65.0 cm³/mol. The number of ether oxygens (including phenoxy) is 1. The molecule has 0 amide bonds. The Morgan fingerprint density at radius 3 is 3.00 bits per heavy atom. The summed E-state index contributed by atoms with van der Waals surface area (Å²) in [6.45, 7) is 2.81. The standard InChI is InChI=1S/C13H16N2O2/c1-3-15-9-14-8-12(15)13(16)10-5-4-6-11(7-10)17-2/h4-9,13,16H,3H2,1-2H3. The summed E-state index contributed by atoms with van der Waals surface area (Å²) in [5.41, 5.74) is 1.60. The van der Waals surface area contributed by atoms with E-state index in [2.05, 4.69) is 4.98 Å². The van der Waals surface area contributed by atoms with Crippen LogP contribution in [-0.4, -0.2) is 21.8 Å².